The maximum atomic E-state index is 12.1. The van der Waals surface area contributed by atoms with Crippen LogP contribution in [0.1, 0.15) is 6.42 Å². The number of anilines is 1. The number of ether oxygens (including phenoxy) is 1. The predicted octanol–water partition coefficient (Wildman–Crippen LogP) is -0.779. The van der Waals surface area contributed by atoms with Crippen molar-refractivity contribution in [1.82, 2.24) is 0 Å². The maximum Gasteiger partial charge on any atom is 0.573 e. The van der Waals surface area contributed by atoms with Gasteiger partial charge in [0.25, 0.3) is 0 Å². The largest absolute Gasteiger partial charge is 0.573 e. The molecule has 1 aromatic rings. The molecule has 1 aliphatic rings. The Morgan fingerprint density at radius 2 is 1.76 bits per heavy atom. The molecule has 0 spiro atoms. The summed E-state index contributed by atoms with van der Waals surface area (Å²) in [5.41, 5.74) is 0.429. The summed E-state index contributed by atoms with van der Waals surface area (Å²) in [6.07, 6.45) is -4.39. The molecule has 1 amide bonds. The van der Waals surface area contributed by atoms with Crippen LogP contribution in [-0.4, -0.2) is 51.5 Å². The second-order valence-electron chi connectivity index (χ2n) is 5.96. The van der Waals surface area contributed by atoms with E-state index in [1.54, 1.807) is 0 Å². The van der Waals surface area contributed by atoms with Gasteiger partial charge >= 0.3 is 6.36 Å². The number of alkyl halides is 3. The van der Waals surface area contributed by atoms with Crippen molar-refractivity contribution in [3.8, 4) is 11.8 Å². The number of rotatable bonds is 6. The predicted molar refractivity (Wildman–Crippen MR) is 83.1 cm³/mol. The monoisotopic (exact) mass is 358 g/mol. The Morgan fingerprint density at radius 1 is 1.16 bits per heavy atom. The lowest BCUT2D eigenvalue weighted by Gasteiger charge is -2.28. The summed E-state index contributed by atoms with van der Waals surface area (Å²) >= 11 is 0. The van der Waals surface area contributed by atoms with Gasteiger partial charge < -0.3 is 19.9 Å². The van der Waals surface area contributed by atoms with Crippen LogP contribution in [-0.2, 0) is 4.79 Å². The lowest BCUT2D eigenvalue weighted by molar-refractivity contribution is -1.01. The molecule has 0 bridgehead atoms. The number of quaternary nitrogens is 2. The number of nitriles is 1. The molecule has 1 heterocycles. The quantitative estimate of drug-likeness (QED) is 0.585. The van der Waals surface area contributed by atoms with Crippen LogP contribution in [0, 0.1) is 11.3 Å². The van der Waals surface area contributed by atoms with E-state index < -0.39 is 6.36 Å². The van der Waals surface area contributed by atoms with Crippen molar-refractivity contribution in [3.63, 3.8) is 0 Å². The second kappa shape index (κ2) is 8.69. The van der Waals surface area contributed by atoms with Gasteiger partial charge in [-0.25, -0.2) is 0 Å². The number of benzene rings is 1. The number of halogens is 3. The Morgan fingerprint density at radius 3 is 2.32 bits per heavy atom. The van der Waals surface area contributed by atoms with Crippen LogP contribution in [0.15, 0.2) is 24.3 Å². The maximum absolute atomic E-state index is 12.1. The van der Waals surface area contributed by atoms with E-state index >= 15 is 0 Å². The van der Waals surface area contributed by atoms with Crippen molar-refractivity contribution in [3.05, 3.63) is 24.3 Å². The van der Waals surface area contributed by atoms with Crippen LogP contribution >= 0.6 is 0 Å². The van der Waals surface area contributed by atoms with E-state index in [2.05, 4.69) is 16.1 Å². The number of hydrogen-bond donors (Lipinski definition) is 3. The normalized spacial score (nSPS) is 20.6. The molecule has 2 rings (SSSR count). The molecule has 1 aromatic carbocycles. The summed E-state index contributed by atoms with van der Waals surface area (Å²) in [4.78, 5) is 14.6. The first-order valence-corrected chi connectivity index (χ1v) is 8.05. The van der Waals surface area contributed by atoms with Crippen LogP contribution in [0.2, 0.25) is 0 Å². The molecular formula is C16H21F3N4O2+2. The van der Waals surface area contributed by atoms with Crippen LogP contribution in [0.4, 0.5) is 18.9 Å². The van der Waals surface area contributed by atoms with Crippen molar-refractivity contribution in [2.24, 2.45) is 0 Å². The molecule has 0 radical (unpaired) electrons. The third kappa shape index (κ3) is 6.99. The number of nitrogens with one attached hydrogen (secondary N) is 3. The summed E-state index contributed by atoms with van der Waals surface area (Å²) in [6.45, 7) is 4.90. The lowest BCUT2D eigenvalue weighted by Crippen LogP contribution is -3.28. The van der Waals surface area contributed by atoms with Crippen molar-refractivity contribution in [1.29, 1.82) is 5.26 Å². The van der Waals surface area contributed by atoms with Crippen LogP contribution < -0.4 is 19.9 Å². The highest BCUT2D eigenvalue weighted by atomic mass is 19.4. The van der Waals surface area contributed by atoms with Gasteiger partial charge in [0.1, 0.15) is 38.0 Å². The fourth-order valence-corrected chi connectivity index (χ4v) is 2.75. The molecule has 0 unspecified atom stereocenters. The number of carbonyl (C=O) groups is 1. The minimum absolute atomic E-state index is 0.177. The highest BCUT2D eigenvalue weighted by Gasteiger charge is 2.31. The Labute approximate surface area is 143 Å². The molecule has 1 aliphatic heterocycles. The molecule has 0 atom stereocenters. The minimum atomic E-state index is -4.73. The smallest absolute Gasteiger partial charge is 0.406 e. The van der Waals surface area contributed by atoms with E-state index in [0.29, 0.717) is 25.2 Å². The summed E-state index contributed by atoms with van der Waals surface area (Å²) in [6, 6.07) is 7.22. The fraction of sp³-hybridized carbons (Fsp3) is 0.500. The molecule has 0 aromatic heterocycles. The van der Waals surface area contributed by atoms with Gasteiger partial charge in [-0.15, -0.1) is 13.2 Å². The summed E-state index contributed by atoms with van der Waals surface area (Å²) in [5.74, 6) is -0.503. The summed E-state index contributed by atoms with van der Waals surface area (Å²) in [7, 11) is 0. The van der Waals surface area contributed by atoms with Crippen molar-refractivity contribution < 1.29 is 32.5 Å². The molecule has 25 heavy (non-hydrogen) atoms. The molecule has 0 aliphatic carbocycles. The topological polar surface area (TPSA) is 71.0 Å². The Hall–Kier alpha value is -2.31. The van der Waals surface area contributed by atoms with E-state index in [0.717, 1.165) is 38.3 Å². The van der Waals surface area contributed by atoms with Gasteiger partial charge in [0.2, 0.25) is 5.91 Å². The Balaban J connectivity index is 1.71. The van der Waals surface area contributed by atoms with Crippen LogP contribution in [0.5, 0.6) is 5.75 Å². The molecule has 9 heteroatoms. The number of amides is 1. The first-order chi connectivity index (χ1) is 11.9. The van der Waals surface area contributed by atoms with Gasteiger partial charge in [0.15, 0.2) is 6.54 Å². The van der Waals surface area contributed by atoms with Crippen molar-refractivity contribution in [2.45, 2.75) is 12.8 Å². The first-order valence-electron chi connectivity index (χ1n) is 8.05. The third-order valence-corrected chi connectivity index (χ3v) is 4.07. The van der Waals surface area contributed by atoms with Gasteiger partial charge in [0, 0.05) is 5.69 Å². The second-order valence-corrected chi connectivity index (χ2v) is 5.96. The van der Waals surface area contributed by atoms with E-state index in [-0.39, 0.29) is 11.7 Å². The van der Waals surface area contributed by atoms with Gasteiger partial charge in [-0.2, -0.15) is 5.26 Å². The zero-order chi connectivity index (χ0) is 18.3. The highest BCUT2D eigenvalue weighted by molar-refractivity contribution is 5.90. The fourth-order valence-electron chi connectivity index (χ4n) is 2.75. The highest BCUT2D eigenvalue weighted by Crippen LogP contribution is 2.23. The molecule has 1 saturated heterocycles. The van der Waals surface area contributed by atoms with E-state index in [1.807, 2.05) is 0 Å². The van der Waals surface area contributed by atoms with Crippen LogP contribution in [0.3, 0.4) is 0 Å². The zero-order valence-corrected chi connectivity index (χ0v) is 13.7. The van der Waals surface area contributed by atoms with Gasteiger partial charge in [-0.3, -0.25) is 4.79 Å². The molecule has 3 N–H and O–H groups in total. The molecule has 6 nitrogen and oxygen atoms in total. The van der Waals surface area contributed by atoms with Crippen molar-refractivity contribution >= 4 is 11.6 Å². The average molecular weight is 358 g/mol. The standard InChI is InChI=1S/C16H19F3N4O2/c17-16(18,19)25-14-3-1-13(2-4-14)21-15(24)5-7-22-9-11-23(8-6-20)12-10-22/h1-4H,5,7-12H2,(H,21,24)/p+2. The van der Waals surface area contributed by atoms with Gasteiger partial charge in [-0.05, 0) is 24.3 Å². The molecule has 1 fully saturated rings. The number of nitrogens with zero attached hydrogens (tertiary/aromatic N) is 1. The summed E-state index contributed by atoms with van der Waals surface area (Å²) in [5, 5.41) is 11.3. The lowest BCUT2D eigenvalue weighted by atomic mass is 10.2. The minimum Gasteiger partial charge on any atom is -0.406 e. The number of carbonyl (C=O) groups excluding carboxylic acids is 1. The molecule has 136 valence electrons. The summed E-state index contributed by atoms with van der Waals surface area (Å²) < 4.78 is 40.0. The van der Waals surface area contributed by atoms with E-state index in [4.69, 9.17) is 5.26 Å². The SMILES string of the molecule is N#CC[NH+]1CC[NH+](CCC(=O)Nc2ccc(OC(F)(F)F)cc2)CC1. The average Bonchev–Trinajstić information content (AvgIpc) is 2.55. The Bertz CT molecular complexity index is 605. The number of piperazine rings is 1. The van der Waals surface area contributed by atoms with Gasteiger partial charge in [0.05, 0.1) is 13.0 Å². The molecular weight excluding hydrogens is 337 g/mol. The zero-order valence-electron chi connectivity index (χ0n) is 13.7. The van der Waals surface area contributed by atoms with Gasteiger partial charge in [-0.1, -0.05) is 0 Å². The van der Waals surface area contributed by atoms with Crippen LogP contribution in [0.25, 0.3) is 0 Å². The first kappa shape index (κ1) is 19.0. The molecule has 0 saturated carbocycles. The van der Waals surface area contributed by atoms with E-state index in [1.165, 1.54) is 21.9 Å². The Kier molecular flexibility index (Phi) is 6.61. The van der Waals surface area contributed by atoms with E-state index in [9.17, 15) is 18.0 Å². The van der Waals surface area contributed by atoms with Crippen molar-refractivity contribution in [2.75, 3.05) is 44.6 Å². The number of hydrogen-bond acceptors (Lipinski definition) is 3. The third-order valence-electron chi connectivity index (χ3n) is 4.07.